The SMILES string of the molecule is CN(C)c1ccc(N2C(=O)c3ccccc3NC2(C)C)cc1. The molecule has 0 bridgehead atoms. The zero-order chi connectivity index (χ0) is 15.9. The molecule has 1 aliphatic heterocycles. The Balaban J connectivity index is 2.04. The molecule has 0 fully saturated rings. The minimum Gasteiger partial charge on any atom is -0.378 e. The highest BCUT2D eigenvalue weighted by Crippen LogP contribution is 2.35. The van der Waals surface area contributed by atoms with Crippen LogP contribution in [0.3, 0.4) is 0 Å². The van der Waals surface area contributed by atoms with E-state index in [1.54, 1.807) is 0 Å². The van der Waals surface area contributed by atoms with Crippen molar-refractivity contribution in [2.75, 3.05) is 29.2 Å². The van der Waals surface area contributed by atoms with E-state index >= 15 is 0 Å². The third-order valence-electron chi connectivity index (χ3n) is 3.98. The lowest BCUT2D eigenvalue weighted by molar-refractivity contribution is 0.0961. The molecule has 4 nitrogen and oxygen atoms in total. The van der Waals surface area contributed by atoms with Gasteiger partial charge in [-0.3, -0.25) is 9.69 Å². The average Bonchev–Trinajstić information content (AvgIpc) is 2.47. The first-order chi connectivity index (χ1) is 10.4. The zero-order valence-electron chi connectivity index (χ0n) is 13.4. The summed E-state index contributed by atoms with van der Waals surface area (Å²) in [7, 11) is 4.01. The Hall–Kier alpha value is -2.49. The normalized spacial score (nSPS) is 16.0. The number of carbonyl (C=O) groups is 1. The van der Waals surface area contributed by atoms with Gasteiger partial charge in [0, 0.05) is 31.2 Å². The van der Waals surface area contributed by atoms with E-state index in [4.69, 9.17) is 0 Å². The summed E-state index contributed by atoms with van der Waals surface area (Å²) in [5.41, 5.74) is 3.12. The molecule has 1 amide bonds. The van der Waals surface area contributed by atoms with Crippen molar-refractivity contribution in [2.45, 2.75) is 19.5 Å². The molecular formula is C18H21N3O. The second kappa shape index (κ2) is 5.05. The van der Waals surface area contributed by atoms with Crippen molar-refractivity contribution in [3.8, 4) is 0 Å². The van der Waals surface area contributed by atoms with Crippen molar-refractivity contribution in [1.29, 1.82) is 0 Å². The molecule has 0 spiro atoms. The van der Waals surface area contributed by atoms with Gasteiger partial charge in [-0.05, 0) is 50.2 Å². The molecule has 1 heterocycles. The summed E-state index contributed by atoms with van der Waals surface area (Å²) in [4.78, 5) is 16.8. The van der Waals surface area contributed by atoms with Crippen molar-refractivity contribution in [2.24, 2.45) is 0 Å². The van der Waals surface area contributed by atoms with E-state index in [0.717, 1.165) is 17.1 Å². The summed E-state index contributed by atoms with van der Waals surface area (Å²) in [5.74, 6) is 0.0250. The van der Waals surface area contributed by atoms with Crippen LogP contribution in [-0.2, 0) is 0 Å². The van der Waals surface area contributed by atoms with Gasteiger partial charge in [0.05, 0.1) is 5.56 Å². The molecule has 22 heavy (non-hydrogen) atoms. The van der Waals surface area contributed by atoms with Gasteiger partial charge in [-0.25, -0.2) is 0 Å². The molecule has 4 heteroatoms. The van der Waals surface area contributed by atoms with Crippen molar-refractivity contribution in [3.05, 3.63) is 54.1 Å². The fraction of sp³-hybridized carbons (Fsp3) is 0.278. The molecular weight excluding hydrogens is 274 g/mol. The van der Waals surface area contributed by atoms with Gasteiger partial charge in [0.1, 0.15) is 5.66 Å². The highest BCUT2D eigenvalue weighted by molar-refractivity contribution is 6.12. The molecule has 0 saturated carbocycles. The van der Waals surface area contributed by atoms with Crippen LogP contribution in [-0.4, -0.2) is 25.7 Å². The second-order valence-corrected chi connectivity index (χ2v) is 6.28. The highest BCUT2D eigenvalue weighted by Gasteiger charge is 2.38. The Morgan fingerprint density at radius 3 is 2.27 bits per heavy atom. The fourth-order valence-corrected chi connectivity index (χ4v) is 2.88. The number of amides is 1. The molecule has 1 aliphatic rings. The number of nitrogens with zero attached hydrogens (tertiary/aromatic N) is 2. The van der Waals surface area contributed by atoms with Crippen LogP contribution in [0.15, 0.2) is 48.5 Å². The van der Waals surface area contributed by atoms with E-state index in [-0.39, 0.29) is 5.91 Å². The van der Waals surface area contributed by atoms with E-state index in [1.165, 1.54) is 0 Å². The molecule has 0 saturated heterocycles. The van der Waals surface area contributed by atoms with Crippen LogP contribution < -0.4 is 15.1 Å². The molecule has 1 N–H and O–H groups in total. The van der Waals surface area contributed by atoms with Crippen LogP contribution in [0.25, 0.3) is 0 Å². The van der Waals surface area contributed by atoms with Gasteiger partial charge in [0.2, 0.25) is 0 Å². The number of carbonyl (C=O) groups excluding carboxylic acids is 1. The van der Waals surface area contributed by atoms with Crippen LogP contribution in [0, 0.1) is 0 Å². The molecule has 0 aromatic heterocycles. The third-order valence-corrected chi connectivity index (χ3v) is 3.98. The smallest absolute Gasteiger partial charge is 0.262 e. The standard InChI is InChI=1S/C18H21N3O/c1-18(2)19-16-8-6-5-7-15(16)17(22)21(18)14-11-9-13(10-12-14)20(3)4/h5-12,19H,1-4H3. The van der Waals surface area contributed by atoms with Gasteiger partial charge < -0.3 is 10.2 Å². The van der Waals surface area contributed by atoms with Gasteiger partial charge >= 0.3 is 0 Å². The van der Waals surface area contributed by atoms with Crippen LogP contribution in [0.1, 0.15) is 24.2 Å². The van der Waals surface area contributed by atoms with Gasteiger partial charge in [0.25, 0.3) is 5.91 Å². The van der Waals surface area contributed by atoms with E-state index in [0.29, 0.717) is 5.56 Å². The molecule has 0 radical (unpaired) electrons. The predicted molar refractivity (Wildman–Crippen MR) is 91.7 cm³/mol. The second-order valence-electron chi connectivity index (χ2n) is 6.28. The Morgan fingerprint density at radius 1 is 1.00 bits per heavy atom. The first-order valence-corrected chi connectivity index (χ1v) is 7.39. The molecule has 2 aromatic carbocycles. The Morgan fingerprint density at radius 2 is 1.64 bits per heavy atom. The van der Waals surface area contributed by atoms with Gasteiger partial charge in [-0.15, -0.1) is 0 Å². The highest BCUT2D eigenvalue weighted by atomic mass is 16.2. The Kier molecular flexibility index (Phi) is 3.32. The molecule has 0 unspecified atom stereocenters. The Labute approximate surface area is 131 Å². The summed E-state index contributed by atoms with van der Waals surface area (Å²) < 4.78 is 0. The lowest BCUT2D eigenvalue weighted by Gasteiger charge is -2.44. The summed E-state index contributed by atoms with van der Waals surface area (Å²) >= 11 is 0. The van der Waals surface area contributed by atoms with Gasteiger partial charge in [-0.2, -0.15) is 0 Å². The number of nitrogens with one attached hydrogen (secondary N) is 1. The fourth-order valence-electron chi connectivity index (χ4n) is 2.88. The van der Waals surface area contributed by atoms with Gasteiger partial charge in [0.15, 0.2) is 0 Å². The lowest BCUT2D eigenvalue weighted by atomic mass is 10.0. The van der Waals surface area contributed by atoms with Crippen LogP contribution in [0.4, 0.5) is 17.1 Å². The maximum atomic E-state index is 12.9. The lowest BCUT2D eigenvalue weighted by Crippen LogP contribution is -2.56. The number of para-hydroxylation sites is 1. The van der Waals surface area contributed by atoms with Crippen molar-refractivity contribution in [1.82, 2.24) is 0 Å². The minimum atomic E-state index is -0.481. The largest absolute Gasteiger partial charge is 0.378 e. The molecule has 0 aliphatic carbocycles. The number of benzene rings is 2. The number of fused-ring (bicyclic) bond motifs is 1. The summed E-state index contributed by atoms with van der Waals surface area (Å²) in [5, 5.41) is 3.45. The van der Waals surface area contributed by atoms with Crippen LogP contribution >= 0.6 is 0 Å². The zero-order valence-corrected chi connectivity index (χ0v) is 13.4. The van der Waals surface area contributed by atoms with E-state index < -0.39 is 5.66 Å². The first kappa shape index (κ1) is 14.4. The summed E-state index contributed by atoms with van der Waals surface area (Å²) in [6.45, 7) is 4.03. The molecule has 3 rings (SSSR count). The maximum Gasteiger partial charge on any atom is 0.262 e. The predicted octanol–water partition coefficient (Wildman–Crippen LogP) is 3.56. The number of rotatable bonds is 2. The average molecular weight is 295 g/mol. The topological polar surface area (TPSA) is 35.6 Å². The molecule has 2 aromatic rings. The number of anilines is 3. The third kappa shape index (κ3) is 2.30. The monoisotopic (exact) mass is 295 g/mol. The van der Waals surface area contributed by atoms with Crippen molar-refractivity contribution < 1.29 is 4.79 Å². The molecule has 114 valence electrons. The minimum absolute atomic E-state index is 0.0250. The Bertz CT molecular complexity index is 705. The van der Waals surface area contributed by atoms with Crippen LogP contribution in [0.5, 0.6) is 0 Å². The van der Waals surface area contributed by atoms with Crippen molar-refractivity contribution in [3.63, 3.8) is 0 Å². The van der Waals surface area contributed by atoms with Crippen LogP contribution in [0.2, 0.25) is 0 Å². The van der Waals surface area contributed by atoms with E-state index in [2.05, 4.69) is 5.32 Å². The van der Waals surface area contributed by atoms with E-state index in [1.807, 2.05) is 86.3 Å². The summed E-state index contributed by atoms with van der Waals surface area (Å²) in [6.07, 6.45) is 0. The number of hydrogen-bond acceptors (Lipinski definition) is 3. The van der Waals surface area contributed by atoms with E-state index in [9.17, 15) is 4.79 Å². The van der Waals surface area contributed by atoms with Crippen molar-refractivity contribution >= 4 is 23.0 Å². The quantitative estimate of drug-likeness (QED) is 0.920. The first-order valence-electron chi connectivity index (χ1n) is 7.39. The summed E-state index contributed by atoms with van der Waals surface area (Å²) in [6, 6.07) is 15.7. The molecule has 0 atom stereocenters. The van der Waals surface area contributed by atoms with Gasteiger partial charge in [-0.1, -0.05) is 12.1 Å². The maximum absolute atomic E-state index is 12.9. The number of hydrogen-bond donors (Lipinski definition) is 1.